The highest BCUT2D eigenvalue weighted by Crippen LogP contribution is 2.22. The van der Waals surface area contributed by atoms with Crippen molar-refractivity contribution < 1.29 is 13.5 Å². The van der Waals surface area contributed by atoms with E-state index in [9.17, 15) is 8.78 Å². The van der Waals surface area contributed by atoms with E-state index < -0.39 is 11.6 Å². The number of rotatable bonds is 5. The van der Waals surface area contributed by atoms with Gasteiger partial charge in [0.2, 0.25) is 0 Å². The summed E-state index contributed by atoms with van der Waals surface area (Å²) in [5.41, 5.74) is 0.886. The van der Waals surface area contributed by atoms with Gasteiger partial charge in [0, 0.05) is 25.1 Å². The van der Waals surface area contributed by atoms with Crippen molar-refractivity contribution in [3.05, 3.63) is 41.6 Å². The molecule has 1 atom stereocenters. The lowest BCUT2D eigenvalue weighted by molar-refractivity contribution is 0.111. The van der Waals surface area contributed by atoms with E-state index in [1.54, 1.807) is 12.1 Å². The van der Waals surface area contributed by atoms with Gasteiger partial charge < -0.3 is 4.74 Å². The standard InChI is InChI=1S/C17H20F2N2O/c1-2-22-11-12-7-8-21(9-12)10-14-5-3-13-4-6-15(18)16(19)17(13)20-14/h3-6,12H,2,7-11H2,1H3. The lowest BCUT2D eigenvalue weighted by Crippen LogP contribution is -2.22. The van der Waals surface area contributed by atoms with Crippen LogP contribution in [0.25, 0.3) is 10.9 Å². The quantitative estimate of drug-likeness (QED) is 0.847. The Morgan fingerprint density at radius 3 is 2.91 bits per heavy atom. The van der Waals surface area contributed by atoms with Crippen LogP contribution in [0.3, 0.4) is 0 Å². The van der Waals surface area contributed by atoms with Crippen molar-refractivity contribution in [2.24, 2.45) is 5.92 Å². The molecule has 2 heterocycles. The highest BCUT2D eigenvalue weighted by molar-refractivity contribution is 5.79. The van der Waals surface area contributed by atoms with E-state index in [2.05, 4.69) is 9.88 Å². The van der Waals surface area contributed by atoms with Gasteiger partial charge in [-0.3, -0.25) is 4.90 Å². The molecule has 1 aromatic heterocycles. The zero-order chi connectivity index (χ0) is 15.5. The average Bonchev–Trinajstić information content (AvgIpc) is 2.97. The lowest BCUT2D eigenvalue weighted by atomic mass is 10.1. The number of hydrogen-bond acceptors (Lipinski definition) is 3. The van der Waals surface area contributed by atoms with Crippen molar-refractivity contribution in [1.29, 1.82) is 0 Å². The summed E-state index contributed by atoms with van der Waals surface area (Å²) < 4.78 is 32.6. The van der Waals surface area contributed by atoms with Crippen molar-refractivity contribution in [3.63, 3.8) is 0 Å². The molecular formula is C17H20F2N2O. The number of fused-ring (bicyclic) bond motifs is 1. The van der Waals surface area contributed by atoms with E-state index in [1.165, 1.54) is 0 Å². The van der Waals surface area contributed by atoms with Gasteiger partial charge in [-0.2, -0.15) is 0 Å². The second kappa shape index (κ2) is 6.67. The zero-order valence-corrected chi connectivity index (χ0v) is 12.7. The van der Waals surface area contributed by atoms with Crippen LogP contribution in [0.5, 0.6) is 0 Å². The molecule has 1 aromatic carbocycles. The Bertz CT molecular complexity index is 662. The van der Waals surface area contributed by atoms with Crippen molar-refractivity contribution in [1.82, 2.24) is 9.88 Å². The van der Waals surface area contributed by atoms with Gasteiger partial charge in [0.15, 0.2) is 11.6 Å². The highest BCUT2D eigenvalue weighted by atomic mass is 19.2. The third-order valence-electron chi connectivity index (χ3n) is 4.12. The molecule has 1 fully saturated rings. The number of hydrogen-bond donors (Lipinski definition) is 0. The molecule has 1 aliphatic heterocycles. The van der Waals surface area contributed by atoms with E-state index in [0.717, 1.165) is 44.5 Å². The number of likely N-dealkylation sites (tertiary alicyclic amines) is 1. The first-order chi connectivity index (χ1) is 10.7. The Labute approximate surface area is 128 Å². The van der Waals surface area contributed by atoms with E-state index in [0.29, 0.717) is 17.8 Å². The number of benzene rings is 1. The topological polar surface area (TPSA) is 25.4 Å². The summed E-state index contributed by atoms with van der Waals surface area (Å²) >= 11 is 0. The van der Waals surface area contributed by atoms with Crippen molar-refractivity contribution in [2.75, 3.05) is 26.3 Å². The summed E-state index contributed by atoms with van der Waals surface area (Å²) in [7, 11) is 0. The Kier molecular flexibility index (Phi) is 4.64. The van der Waals surface area contributed by atoms with Crippen LogP contribution >= 0.6 is 0 Å². The summed E-state index contributed by atoms with van der Waals surface area (Å²) in [6, 6.07) is 6.37. The maximum absolute atomic E-state index is 13.8. The van der Waals surface area contributed by atoms with E-state index in [4.69, 9.17) is 4.74 Å². The third kappa shape index (κ3) is 3.25. The van der Waals surface area contributed by atoms with Gasteiger partial charge in [-0.05, 0) is 44.0 Å². The molecule has 0 aliphatic carbocycles. The predicted octanol–water partition coefficient (Wildman–Crippen LogP) is 3.37. The van der Waals surface area contributed by atoms with Crippen LogP contribution in [0.2, 0.25) is 0 Å². The Hall–Kier alpha value is -1.59. The maximum Gasteiger partial charge on any atom is 0.184 e. The SMILES string of the molecule is CCOCC1CCN(Cc2ccc3ccc(F)c(F)c3n2)C1. The fourth-order valence-corrected chi connectivity index (χ4v) is 2.96. The molecule has 0 spiro atoms. The molecular weight excluding hydrogens is 286 g/mol. The van der Waals surface area contributed by atoms with Gasteiger partial charge in [0.25, 0.3) is 0 Å². The van der Waals surface area contributed by atoms with Crippen LogP contribution in [0.1, 0.15) is 19.0 Å². The first kappa shape index (κ1) is 15.3. The molecule has 0 radical (unpaired) electrons. The van der Waals surface area contributed by atoms with Crippen LogP contribution in [0.4, 0.5) is 8.78 Å². The smallest absolute Gasteiger partial charge is 0.184 e. The number of pyridine rings is 1. The van der Waals surface area contributed by atoms with Gasteiger partial charge in [-0.1, -0.05) is 6.07 Å². The Morgan fingerprint density at radius 1 is 1.27 bits per heavy atom. The summed E-state index contributed by atoms with van der Waals surface area (Å²) in [5.74, 6) is -1.17. The van der Waals surface area contributed by atoms with E-state index >= 15 is 0 Å². The molecule has 1 saturated heterocycles. The fraction of sp³-hybridized carbons (Fsp3) is 0.471. The highest BCUT2D eigenvalue weighted by Gasteiger charge is 2.23. The molecule has 3 rings (SSSR count). The molecule has 22 heavy (non-hydrogen) atoms. The molecule has 118 valence electrons. The van der Waals surface area contributed by atoms with Crippen molar-refractivity contribution >= 4 is 10.9 Å². The molecule has 2 aromatic rings. The largest absolute Gasteiger partial charge is 0.381 e. The number of aromatic nitrogens is 1. The maximum atomic E-state index is 13.8. The molecule has 0 amide bonds. The molecule has 5 heteroatoms. The second-order valence-electron chi connectivity index (χ2n) is 5.78. The minimum Gasteiger partial charge on any atom is -0.381 e. The lowest BCUT2D eigenvalue weighted by Gasteiger charge is -2.16. The van der Waals surface area contributed by atoms with E-state index in [-0.39, 0.29) is 5.52 Å². The van der Waals surface area contributed by atoms with Crippen LogP contribution in [0, 0.1) is 17.6 Å². The van der Waals surface area contributed by atoms with Gasteiger partial charge >= 0.3 is 0 Å². The predicted molar refractivity (Wildman–Crippen MR) is 81.5 cm³/mol. The van der Waals surface area contributed by atoms with E-state index in [1.807, 2.05) is 13.0 Å². The summed E-state index contributed by atoms with van der Waals surface area (Å²) in [4.78, 5) is 6.59. The molecule has 3 nitrogen and oxygen atoms in total. The number of ether oxygens (including phenoxy) is 1. The molecule has 0 saturated carbocycles. The van der Waals surface area contributed by atoms with Crippen molar-refractivity contribution in [2.45, 2.75) is 19.9 Å². The average molecular weight is 306 g/mol. The summed E-state index contributed by atoms with van der Waals surface area (Å²) in [6.45, 7) is 6.15. The van der Waals surface area contributed by atoms with Gasteiger partial charge in [0.1, 0.15) is 5.52 Å². The Morgan fingerprint density at radius 2 is 2.09 bits per heavy atom. The second-order valence-corrected chi connectivity index (χ2v) is 5.78. The van der Waals surface area contributed by atoms with Gasteiger partial charge in [0.05, 0.1) is 12.3 Å². The van der Waals surface area contributed by atoms with Crippen LogP contribution < -0.4 is 0 Å². The third-order valence-corrected chi connectivity index (χ3v) is 4.12. The van der Waals surface area contributed by atoms with Gasteiger partial charge in [-0.15, -0.1) is 0 Å². The first-order valence-corrected chi connectivity index (χ1v) is 7.71. The monoisotopic (exact) mass is 306 g/mol. The summed E-state index contributed by atoms with van der Waals surface area (Å²) in [5, 5.41) is 0.623. The molecule has 1 unspecified atom stereocenters. The molecule has 0 bridgehead atoms. The van der Waals surface area contributed by atoms with Crippen LogP contribution in [-0.4, -0.2) is 36.2 Å². The van der Waals surface area contributed by atoms with Crippen LogP contribution in [0.15, 0.2) is 24.3 Å². The number of halogens is 2. The molecule has 1 aliphatic rings. The first-order valence-electron chi connectivity index (χ1n) is 7.71. The van der Waals surface area contributed by atoms with Crippen LogP contribution in [-0.2, 0) is 11.3 Å². The minimum absolute atomic E-state index is 0.113. The minimum atomic E-state index is -0.866. The Balaban J connectivity index is 1.71. The normalized spacial score (nSPS) is 19.1. The fourth-order valence-electron chi connectivity index (χ4n) is 2.96. The zero-order valence-electron chi connectivity index (χ0n) is 12.7. The molecule has 0 N–H and O–H groups in total. The summed E-state index contributed by atoms with van der Waals surface area (Å²) in [6.07, 6.45) is 1.11. The number of nitrogens with zero attached hydrogens (tertiary/aromatic N) is 2. The van der Waals surface area contributed by atoms with Gasteiger partial charge in [-0.25, -0.2) is 13.8 Å². The van der Waals surface area contributed by atoms with Crippen molar-refractivity contribution in [3.8, 4) is 0 Å².